The molecule has 0 N–H and O–H groups in total. The Kier molecular flexibility index (Phi) is 11.8. The summed E-state index contributed by atoms with van der Waals surface area (Å²) in [4.78, 5) is 2.11. The van der Waals surface area contributed by atoms with E-state index in [9.17, 15) is 26.3 Å². The maximum absolute atomic E-state index is 13.0. The average Bonchev–Trinajstić information content (AvgIpc) is 3.45. The van der Waals surface area contributed by atoms with Crippen molar-refractivity contribution in [3.8, 4) is 0 Å². The number of rotatable bonds is 10. The average molecular weight is 814 g/mol. The van der Waals surface area contributed by atoms with E-state index in [1.54, 1.807) is 12.2 Å². The van der Waals surface area contributed by atoms with Gasteiger partial charge in [0.05, 0.1) is 22.3 Å². The Morgan fingerprint density at radius 3 is 1.03 bits per heavy atom. The molecule has 0 aliphatic carbocycles. The Hall–Kier alpha value is -6.10. The maximum atomic E-state index is 13.0. The Labute approximate surface area is 347 Å². The minimum absolute atomic E-state index is 0.437. The van der Waals surface area contributed by atoms with Crippen LogP contribution in [0.25, 0.3) is 36.5 Å². The zero-order valence-corrected chi connectivity index (χ0v) is 33.4. The van der Waals surface area contributed by atoms with Gasteiger partial charge in [0.1, 0.15) is 0 Å². The van der Waals surface area contributed by atoms with Crippen LogP contribution in [-0.2, 0) is 21.7 Å². The Morgan fingerprint density at radius 2 is 0.717 bits per heavy atom. The third-order valence-electron chi connectivity index (χ3n) is 10.8. The lowest BCUT2D eigenvalue weighted by atomic mass is 9.78. The van der Waals surface area contributed by atoms with Crippen molar-refractivity contribution in [1.82, 2.24) is 0 Å². The van der Waals surface area contributed by atoms with E-state index in [0.717, 1.165) is 69.0 Å². The normalized spacial score (nSPS) is 15.4. The fraction of sp³-hybridized carbons (Fsp3) is 0.160. The van der Waals surface area contributed by atoms with E-state index in [2.05, 4.69) is 17.0 Å². The summed E-state index contributed by atoms with van der Waals surface area (Å²) >= 11 is 0. The van der Waals surface area contributed by atoms with Crippen molar-refractivity contribution in [1.29, 1.82) is 0 Å². The van der Waals surface area contributed by atoms with Crippen LogP contribution < -0.4 is 10.4 Å². The lowest BCUT2D eigenvalue weighted by molar-refractivity contribution is -0.138. The largest absolute Gasteiger partial charge is 0.494 e. The van der Waals surface area contributed by atoms with Gasteiger partial charge in [0.2, 0.25) is 0 Å². The number of hydrogen-bond donors (Lipinski definition) is 0. The van der Waals surface area contributed by atoms with Gasteiger partial charge in [0, 0.05) is 17.1 Å². The zero-order chi connectivity index (χ0) is 42.7. The molecule has 0 unspecified atom stereocenters. The number of halogens is 6. The second kappa shape index (κ2) is 16.9. The molecule has 1 aliphatic rings. The van der Waals surface area contributed by atoms with E-state index in [0.29, 0.717) is 11.1 Å². The maximum Gasteiger partial charge on any atom is 0.494 e. The Balaban J connectivity index is 1.12. The van der Waals surface area contributed by atoms with Crippen LogP contribution in [-0.4, -0.2) is 18.3 Å². The van der Waals surface area contributed by atoms with Crippen molar-refractivity contribution in [3.63, 3.8) is 0 Å². The molecule has 1 fully saturated rings. The van der Waals surface area contributed by atoms with Crippen LogP contribution in [0.4, 0.5) is 43.4 Å². The van der Waals surface area contributed by atoms with Gasteiger partial charge in [-0.05, 0) is 127 Å². The molecule has 60 heavy (non-hydrogen) atoms. The van der Waals surface area contributed by atoms with Gasteiger partial charge in [-0.1, -0.05) is 121 Å². The summed E-state index contributed by atoms with van der Waals surface area (Å²) in [5, 5.41) is 0. The number of hydrogen-bond acceptors (Lipinski definition) is 3. The third kappa shape index (κ3) is 10.0. The van der Waals surface area contributed by atoms with Crippen molar-refractivity contribution in [3.05, 3.63) is 190 Å². The summed E-state index contributed by atoms with van der Waals surface area (Å²) in [7, 11) is -0.457. The van der Waals surface area contributed by atoms with Gasteiger partial charge in [0.25, 0.3) is 0 Å². The molecule has 10 heteroatoms. The predicted octanol–water partition coefficient (Wildman–Crippen LogP) is 14.0. The summed E-state index contributed by atoms with van der Waals surface area (Å²) in [6.45, 7) is 8.14. The Bertz CT molecular complexity index is 2360. The van der Waals surface area contributed by atoms with Crippen LogP contribution >= 0.6 is 0 Å². The SMILES string of the molecule is CC1(C)OB(c2cccc(/C=C/c3ccc(N(c4ccc(/C=C/c5ccc(C(F)(F)F)cc5)cc4)c4ccc(/C=C/c5ccc(C(F)(F)F)cc5)cc4)cc3)c2)OC1(C)C. The van der Waals surface area contributed by atoms with Crippen LogP contribution in [0, 0.1) is 0 Å². The van der Waals surface area contributed by atoms with Gasteiger partial charge in [-0.25, -0.2) is 0 Å². The van der Waals surface area contributed by atoms with Gasteiger partial charge in [-0.3, -0.25) is 0 Å². The second-order valence-corrected chi connectivity index (χ2v) is 15.6. The molecule has 1 heterocycles. The number of nitrogens with zero attached hydrogens (tertiary/aromatic N) is 1. The second-order valence-electron chi connectivity index (χ2n) is 15.6. The molecule has 1 saturated heterocycles. The van der Waals surface area contributed by atoms with Crippen molar-refractivity contribution in [2.75, 3.05) is 4.90 Å². The molecule has 0 atom stereocenters. The first-order valence-electron chi connectivity index (χ1n) is 19.4. The predicted molar refractivity (Wildman–Crippen MR) is 233 cm³/mol. The molecule has 6 aromatic carbocycles. The molecule has 7 rings (SSSR count). The van der Waals surface area contributed by atoms with Crippen LogP contribution in [0.2, 0.25) is 0 Å². The highest BCUT2D eigenvalue weighted by Crippen LogP contribution is 2.38. The fourth-order valence-corrected chi connectivity index (χ4v) is 6.58. The first-order chi connectivity index (χ1) is 28.4. The van der Waals surface area contributed by atoms with E-state index in [-0.39, 0.29) is 0 Å². The molecular weight excluding hydrogens is 771 g/mol. The van der Waals surface area contributed by atoms with E-state index >= 15 is 0 Å². The van der Waals surface area contributed by atoms with Crippen molar-refractivity contribution < 1.29 is 35.7 Å². The monoisotopic (exact) mass is 813 g/mol. The smallest absolute Gasteiger partial charge is 0.399 e. The topological polar surface area (TPSA) is 21.7 Å². The quantitative estimate of drug-likeness (QED) is 0.0781. The molecule has 0 saturated carbocycles. The van der Waals surface area contributed by atoms with Crippen molar-refractivity contribution in [2.24, 2.45) is 0 Å². The van der Waals surface area contributed by atoms with Crippen LogP contribution in [0.15, 0.2) is 146 Å². The van der Waals surface area contributed by atoms with Gasteiger partial charge in [-0.15, -0.1) is 0 Å². The third-order valence-corrected chi connectivity index (χ3v) is 10.8. The summed E-state index contributed by atoms with van der Waals surface area (Å²) in [5.41, 5.74) is 6.36. The molecule has 0 radical (unpaired) electrons. The first-order valence-corrected chi connectivity index (χ1v) is 19.4. The summed E-state index contributed by atoms with van der Waals surface area (Å²) in [6, 6.07) is 42.0. The minimum Gasteiger partial charge on any atom is -0.399 e. The molecule has 1 aliphatic heterocycles. The highest BCUT2D eigenvalue weighted by Gasteiger charge is 2.51. The molecule has 304 valence electrons. The summed E-state index contributed by atoms with van der Waals surface area (Å²) in [6.07, 6.45) is 2.55. The molecule has 0 spiro atoms. The van der Waals surface area contributed by atoms with Crippen LogP contribution in [0.5, 0.6) is 0 Å². The molecule has 3 nitrogen and oxygen atoms in total. The molecule has 0 amide bonds. The molecule has 0 aromatic heterocycles. The number of benzene rings is 6. The zero-order valence-electron chi connectivity index (χ0n) is 33.4. The molecule has 6 aromatic rings. The van der Waals surface area contributed by atoms with Crippen LogP contribution in [0.1, 0.15) is 72.2 Å². The number of anilines is 3. The van der Waals surface area contributed by atoms with E-state index in [4.69, 9.17) is 9.31 Å². The van der Waals surface area contributed by atoms with Gasteiger partial charge < -0.3 is 14.2 Å². The molecular formula is C50H42BF6NO2. The molecule has 0 bridgehead atoms. The number of alkyl halides is 6. The van der Waals surface area contributed by atoms with Gasteiger partial charge in [-0.2, -0.15) is 26.3 Å². The standard InChI is InChI=1S/C50H42BF6NO2/c1-47(2)48(3,4)60-51(59-47)43-7-5-6-40(34-43)13-12-39-22-32-46(33-23-39)58(44-28-18-37(19-29-44)10-8-35-14-24-41(25-15-35)49(52,53)54)45-30-20-38(21-31-45)11-9-36-16-26-42(27-17-36)50(55,56)57/h5-34H,1-4H3/b10-8+,11-9+,13-12+. The highest BCUT2D eigenvalue weighted by molar-refractivity contribution is 6.62. The lowest BCUT2D eigenvalue weighted by Gasteiger charge is -2.32. The minimum atomic E-state index is -4.39. The lowest BCUT2D eigenvalue weighted by Crippen LogP contribution is -2.41. The van der Waals surface area contributed by atoms with Crippen LogP contribution in [0.3, 0.4) is 0 Å². The van der Waals surface area contributed by atoms with E-state index in [1.807, 2.05) is 137 Å². The van der Waals surface area contributed by atoms with Crippen molar-refractivity contribution >= 4 is 66.1 Å². The van der Waals surface area contributed by atoms with E-state index < -0.39 is 41.8 Å². The first kappa shape index (κ1) is 42.0. The fourth-order valence-electron chi connectivity index (χ4n) is 6.58. The van der Waals surface area contributed by atoms with Crippen molar-refractivity contribution in [2.45, 2.75) is 51.2 Å². The summed E-state index contributed by atoms with van der Waals surface area (Å²) < 4.78 is 90.7. The van der Waals surface area contributed by atoms with E-state index in [1.165, 1.54) is 24.3 Å². The Morgan fingerprint density at radius 1 is 0.417 bits per heavy atom. The van der Waals surface area contributed by atoms with Gasteiger partial charge in [0.15, 0.2) is 0 Å². The van der Waals surface area contributed by atoms with Gasteiger partial charge >= 0.3 is 19.5 Å². The highest BCUT2D eigenvalue weighted by atomic mass is 19.4. The summed E-state index contributed by atoms with van der Waals surface area (Å²) in [5.74, 6) is 0.